The minimum absolute atomic E-state index is 0.469. The molecule has 2 N–H and O–H groups in total. The van der Waals surface area contributed by atoms with E-state index in [9.17, 15) is 0 Å². The van der Waals surface area contributed by atoms with Gasteiger partial charge in [-0.15, -0.1) is 0 Å². The van der Waals surface area contributed by atoms with Crippen molar-refractivity contribution >= 4 is 5.88 Å². The lowest BCUT2D eigenvalue weighted by molar-refractivity contribution is 0.375. The van der Waals surface area contributed by atoms with Crippen LogP contribution in [0.2, 0.25) is 0 Å². The molecule has 2 bridgehead atoms. The van der Waals surface area contributed by atoms with Crippen LogP contribution in [0, 0.1) is 25.7 Å². The Bertz CT molecular complexity index is 689. The average Bonchev–Trinajstić information content (AvgIpc) is 3.16. The molecule has 0 aliphatic heterocycles. The van der Waals surface area contributed by atoms with Gasteiger partial charge in [-0.05, 0) is 61.6 Å². The van der Waals surface area contributed by atoms with Gasteiger partial charge in [0.1, 0.15) is 0 Å². The van der Waals surface area contributed by atoms with Gasteiger partial charge in [-0.2, -0.15) is 0 Å². The monoisotopic (exact) mass is 282 g/mol. The second-order valence-corrected chi connectivity index (χ2v) is 6.89. The van der Waals surface area contributed by atoms with Crippen LogP contribution in [0.5, 0.6) is 0 Å². The smallest absolute Gasteiger partial charge is 0.230 e. The van der Waals surface area contributed by atoms with E-state index in [0.29, 0.717) is 11.8 Å². The van der Waals surface area contributed by atoms with E-state index >= 15 is 0 Å². The topological polar surface area (TPSA) is 52.0 Å². The zero-order chi connectivity index (χ0) is 14.6. The first-order valence-corrected chi connectivity index (χ1v) is 7.96. The highest BCUT2D eigenvalue weighted by atomic mass is 16.5. The number of hydrogen-bond acceptors (Lipinski definition) is 3. The lowest BCUT2D eigenvalue weighted by Gasteiger charge is -2.20. The summed E-state index contributed by atoms with van der Waals surface area (Å²) < 4.78 is 5.37. The molecule has 0 spiro atoms. The van der Waals surface area contributed by atoms with Crippen molar-refractivity contribution in [2.45, 2.75) is 45.4 Å². The number of nitrogen functional groups attached to an aromatic ring is 1. The van der Waals surface area contributed by atoms with Crippen molar-refractivity contribution in [3.63, 3.8) is 0 Å². The van der Waals surface area contributed by atoms with E-state index in [4.69, 9.17) is 10.3 Å². The molecule has 1 aromatic heterocycles. The standard InChI is InChI=1S/C18H22N2O/c1-10-3-5-14(7-11(10)2)16-17(20-21-18(16)19)15-9-12-4-6-13(15)8-12/h3,5,7,12-13,15H,4,6,8-9,19H2,1-2H3. The van der Waals surface area contributed by atoms with Crippen LogP contribution in [0.1, 0.15) is 48.4 Å². The number of fused-ring (bicyclic) bond motifs is 2. The summed E-state index contributed by atoms with van der Waals surface area (Å²) in [4.78, 5) is 0. The molecule has 2 fully saturated rings. The summed E-state index contributed by atoms with van der Waals surface area (Å²) >= 11 is 0. The fourth-order valence-electron chi connectivity index (χ4n) is 4.34. The average molecular weight is 282 g/mol. The van der Waals surface area contributed by atoms with Gasteiger partial charge in [0.25, 0.3) is 0 Å². The van der Waals surface area contributed by atoms with E-state index in [2.05, 4.69) is 37.2 Å². The third-order valence-electron chi connectivity index (χ3n) is 5.63. The number of nitrogens with two attached hydrogens (primary N) is 1. The van der Waals surface area contributed by atoms with E-state index in [-0.39, 0.29) is 0 Å². The van der Waals surface area contributed by atoms with Gasteiger partial charge in [0, 0.05) is 5.92 Å². The molecule has 110 valence electrons. The minimum Gasteiger partial charge on any atom is -0.367 e. The number of benzene rings is 1. The van der Waals surface area contributed by atoms with Crippen molar-refractivity contribution in [3.8, 4) is 11.1 Å². The predicted octanol–water partition coefficient (Wildman–Crippen LogP) is 4.44. The Morgan fingerprint density at radius 1 is 1.14 bits per heavy atom. The van der Waals surface area contributed by atoms with Crippen LogP contribution in [0.25, 0.3) is 11.1 Å². The Labute approximate surface area is 125 Å². The maximum Gasteiger partial charge on any atom is 0.230 e. The Kier molecular flexibility index (Phi) is 2.84. The SMILES string of the molecule is Cc1ccc(-c2c(C3CC4CCC3C4)noc2N)cc1C. The van der Waals surface area contributed by atoms with Crippen molar-refractivity contribution in [1.82, 2.24) is 5.16 Å². The fourth-order valence-corrected chi connectivity index (χ4v) is 4.34. The van der Waals surface area contributed by atoms with E-state index in [1.807, 2.05) is 0 Å². The molecule has 2 aromatic rings. The van der Waals surface area contributed by atoms with Crippen molar-refractivity contribution in [2.24, 2.45) is 11.8 Å². The first-order valence-electron chi connectivity index (χ1n) is 7.96. The maximum absolute atomic E-state index is 6.10. The third kappa shape index (κ3) is 1.98. The summed E-state index contributed by atoms with van der Waals surface area (Å²) in [6, 6.07) is 6.50. The van der Waals surface area contributed by atoms with E-state index in [0.717, 1.165) is 28.7 Å². The number of hydrogen-bond donors (Lipinski definition) is 1. The first-order chi connectivity index (χ1) is 10.1. The zero-order valence-electron chi connectivity index (χ0n) is 12.7. The molecule has 1 heterocycles. The molecule has 0 amide bonds. The predicted molar refractivity (Wildman–Crippen MR) is 84.0 cm³/mol. The first kappa shape index (κ1) is 12.9. The molecule has 3 nitrogen and oxygen atoms in total. The van der Waals surface area contributed by atoms with Crippen molar-refractivity contribution < 1.29 is 4.52 Å². The molecular weight excluding hydrogens is 260 g/mol. The summed E-state index contributed by atoms with van der Waals surface area (Å²) in [5, 5.41) is 4.34. The molecule has 21 heavy (non-hydrogen) atoms. The zero-order valence-corrected chi connectivity index (χ0v) is 12.7. The number of aromatic nitrogens is 1. The lowest BCUT2D eigenvalue weighted by Crippen LogP contribution is -2.10. The molecule has 0 radical (unpaired) electrons. The Balaban J connectivity index is 1.78. The molecule has 0 saturated heterocycles. The summed E-state index contributed by atoms with van der Waals surface area (Å²) in [5.41, 5.74) is 12.0. The summed E-state index contributed by atoms with van der Waals surface area (Å²) in [7, 11) is 0. The normalized spacial score (nSPS) is 27.4. The van der Waals surface area contributed by atoms with Crippen LogP contribution < -0.4 is 5.73 Å². The number of anilines is 1. The highest BCUT2D eigenvalue weighted by Gasteiger charge is 2.43. The van der Waals surface area contributed by atoms with Gasteiger partial charge >= 0.3 is 0 Å². The van der Waals surface area contributed by atoms with Gasteiger partial charge in [0.05, 0.1) is 11.3 Å². The van der Waals surface area contributed by atoms with E-state index < -0.39 is 0 Å². The molecule has 3 atom stereocenters. The Hall–Kier alpha value is -1.77. The Morgan fingerprint density at radius 2 is 2.00 bits per heavy atom. The quantitative estimate of drug-likeness (QED) is 0.885. The molecule has 3 unspecified atom stereocenters. The maximum atomic E-state index is 6.10. The largest absolute Gasteiger partial charge is 0.367 e. The number of aryl methyl sites for hydroxylation is 2. The van der Waals surface area contributed by atoms with Crippen LogP contribution in [0.15, 0.2) is 22.7 Å². The Morgan fingerprint density at radius 3 is 2.67 bits per heavy atom. The third-order valence-corrected chi connectivity index (χ3v) is 5.63. The van der Waals surface area contributed by atoms with Crippen LogP contribution in [-0.2, 0) is 0 Å². The van der Waals surface area contributed by atoms with Gasteiger partial charge < -0.3 is 10.3 Å². The minimum atomic E-state index is 0.469. The fraction of sp³-hybridized carbons (Fsp3) is 0.500. The van der Waals surface area contributed by atoms with Crippen LogP contribution in [-0.4, -0.2) is 5.16 Å². The van der Waals surface area contributed by atoms with Gasteiger partial charge in [-0.3, -0.25) is 0 Å². The molecule has 1 aromatic carbocycles. The summed E-state index contributed by atoms with van der Waals surface area (Å²) in [6.07, 6.45) is 5.36. The highest BCUT2D eigenvalue weighted by Crippen LogP contribution is 2.54. The van der Waals surface area contributed by atoms with Gasteiger partial charge in [0.2, 0.25) is 5.88 Å². The summed E-state index contributed by atoms with van der Waals surface area (Å²) in [5.74, 6) is 2.69. The van der Waals surface area contributed by atoms with E-state index in [1.165, 1.54) is 36.8 Å². The number of nitrogens with zero attached hydrogens (tertiary/aromatic N) is 1. The second kappa shape index (κ2) is 4.62. The van der Waals surface area contributed by atoms with Crippen molar-refractivity contribution in [3.05, 3.63) is 35.0 Å². The molecule has 2 saturated carbocycles. The van der Waals surface area contributed by atoms with Crippen molar-refractivity contribution in [2.75, 3.05) is 5.73 Å². The molecule has 4 rings (SSSR count). The van der Waals surface area contributed by atoms with Crippen LogP contribution >= 0.6 is 0 Å². The second-order valence-electron chi connectivity index (χ2n) is 6.89. The molecule has 2 aliphatic rings. The number of rotatable bonds is 2. The van der Waals surface area contributed by atoms with Gasteiger partial charge in [0.15, 0.2) is 0 Å². The van der Waals surface area contributed by atoms with Crippen LogP contribution in [0.3, 0.4) is 0 Å². The molecule has 3 heteroatoms. The molecule has 2 aliphatic carbocycles. The van der Waals surface area contributed by atoms with E-state index in [1.54, 1.807) is 0 Å². The van der Waals surface area contributed by atoms with Crippen LogP contribution in [0.4, 0.5) is 5.88 Å². The van der Waals surface area contributed by atoms with Crippen molar-refractivity contribution in [1.29, 1.82) is 0 Å². The lowest BCUT2D eigenvalue weighted by atomic mass is 9.83. The van der Waals surface area contributed by atoms with Gasteiger partial charge in [-0.25, -0.2) is 0 Å². The molecular formula is C18H22N2O. The highest BCUT2D eigenvalue weighted by molar-refractivity contribution is 5.76. The van der Waals surface area contributed by atoms with Gasteiger partial charge in [-0.1, -0.05) is 29.8 Å². The summed E-state index contributed by atoms with van der Waals surface area (Å²) in [6.45, 7) is 4.27.